The standard InChI is InChI=1S/C15H18O4/c1-3-7-15(17)19-13-9-6-5-8-12(13)10-11-14(16)18-4-2/h5-6,8-11H,3-4,7H2,1-2H3. The lowest BCUT2D eigenvalue weighted by Crippen LogP contribution is -2.07. The van der Waals surface area contributed by atoms with Gasteiger partial charge in [-0.15, -0.1) is 0 Å². The van der Waals surface area contributed by atoms with Gasteiger partial charge in [-0.2, -0.15) is 0 Å². The summed E-state index contributed by atoms with van der Waals surface area (Å²) in [5, 5.41) is 0. The highest BCUT2D eigenvalue weighted by Crippen LogP contribution is 2.20. The third kappa shape index (κ3) is 5.38. The fourth-order valence-electron chi connectivity index (χ4n) is 1.44. The molecule has 4 heteroatoms. The van der Waals surface area contributed by atoms with Crippen molar-refractivity contribution in [2.24, 2.45) is 0 Å². The van der Waals surface area contributed by atoms with E-state index in [1.54, 1.807) is 31.2 Å². The van der Waals surface area contributed by atoms with E-state index >= 15 is 0 Å². The molecule has 0 atom stereocenters. The highest BCUT2D eigenvalue weighted by atomic mass is 16.5. The van der Waals surface area contributed by atoms with Crippen molar-refractivity contribution in [3.05, 3.63) is 35.9 Å². The predicted octanol–water partition coefficient (Wildman–Crippen LogP) is 2.97. The van der Waals surface area contributed by atoms with Gasteiger partial charge in [0.1, 0.15) is 5.75 Å². The number of ether oxygens (including phenoxy) is 2. The Morgan fingerprint density at radius 3 is 2.63 bits per heavy atom. The van der Waals surface area contributed by atoms with E-state index in [4.69, 9.17) is 9.47 Å². The van der Waals surface area contributed by atoms with Crippen molar-refractivity contribution in [3.8, 4) is 5.75 Å². The largest absolute Gasteiger partial charge is 0.463 e. The zero-order valence-corrected chi connectivity index (χ0v) is 11.2. The van der Waals surface area contributed by atoms with Gasteiger partial charge in [-0.1, -0.05) is 25.1 Å². The van der Waals surface area contributed by atoms with Crippen LogP contribution >= 0.6 is 0 Å². The fourth-order valence-corrected chi connectivity index (χ4v) is 1.44. The molecule has 0 saturated carbocycles. The summed E-state index contributed by atoms with van der Waals surface area (Å²) in [7, 11) is 0. The number of para-hydroxylation sites is 1. The Balaban J connectivity index is 2.78. The molecule has 1 rings (SSSR count). The monoisotopic (exact) mass is 262 g/mol. The second kappa shape index (κ2) is 8.08. The van der Waals surface area contributed by atoms with Crippen molar-refractivity contribution in [1.82, 2.24) is 0 Å². The fraction of sp³-hybridized carbons (Fsp3) is 0.333. The first-order chi connectivity index (χ1) is 9.17. The third-order valence-corrected chi connectivity index (χ3v) is 2.28. The Labute approximate surface area is 113 Å². The summed E-state index contributed by atoms with van der Waals surface area (Å²) in [6.07, 6.45) is 4.00. The number of carbonyl (C=O) groups excluding carboxylic acids is 2. The molecule has 0 aliphatic rings. The van der Waals surface area contributed by atoms with Gasteiger partial charge in [0.25, 0.3) is 0 Å². The Morgan fingerprint density at radius 1 is 1.21 bits per heavy atom. The third-order valence-electron chi connectivity index (χ3n) is 2.28. The SMILES string of the molecule is CCCC(=O)Oc1ccccc1C=CC(=O)OCC. The average Bonchev–Trinajstić information content (AvgIpc) is 2.38. The second-order valence-corrected chi connectivity index (χ2v) is 3.85. The minimum Gasteiger partial charge on any atom is -0.463 e. The van der Waals surface area contributed by atoms with E-state index < -0.39 is 5.97 Å². The molecule has 0 saturated heterocycles. The van der Waals surface area contributed by atoms with Gasteiger partial charge in [-0.3, -0.25) is 4.79 Å². The molecule has 1 aromatic carbocycles. The molecule has 0 amide bonds. The number of hydrogen-bond donors (Lipinski definition) is 0. The van der Waals surface area contributed by atoms with Crippen LogP contribution in [0.25, 0.3) is 6.08 Å². The maximum Gasteiger partial charge on any atom is 0.330 e. The normalized spacial score (nSPS) is 10.4. The molecule has 0 fully saturated rings. The van der Waals surface area contributed by atoms with Gasteiger partial charge in [0.2, 0.25) is 0 Å². The van der Waals surface area contributed by atoms with Crippen molar-refractivity contribution in [2.45, 2.75) is 26.7 Å². The van der Waals surface area contributed by atoms with Crippen molar-refractivity contribution < 1.29 is 19.1 Å². The highest BCUT2D eigenvalue weighted by Gasteiger charge is 2.06. The summed E-state index contributed by atoms with van der Waals surface area (Å²) in [6, 6.07) is 7.04. The number of benzene rings is 1. The number of rotatable bonds is 6. The molecule has 0 aromatic heterocycles. The molecule has 0 unspecified atom stereocenters. The van der Waals surface area contributed by atoms with Crippen molar-refractivity contribution in [3.63, 3.8) is 0 Å². The molecule has 1 aromatic rings. The van der Waals surface area contributed by atoms with Gasteiger partial charge in [0.15, 0.2) is 0 Å². The van der Waals surface area contributed by atoms with Crippen LogP contribution in [0, 0.1) is 0 Å². The summed E-state index contributed by atoms with van der Waals surface area (Å²) < 4.78 is 10.0. The summed E-state index contributed by atoms with van der Waals surface area (Å²) >= 11 is 0. The Morgan fingerprint density at radius 2 is 1.95 bits per heavy atom. The average molecular weight is 262 g/mol. The maximum atomic E-state index is 11.5. The summed E-state index contributed by atoms with van der Waals surface area (Å²) in [4.78, 5) is 22.7. The lowest BCUT2D eigenvalue weighted by molar-refractivity contribution is -0.137. The first-order valence-electron chi connectivity index (χ1n) is 6.32. The molecule has 0 bridgehead atoms. The van der Waals surface area contributed by atoms with Gasteiger partial charge < -0.3 is 9.47 Å². The van der Waals surface area contributed by atoms with Crippen molar-refractivity contribution in [1.29, 1.82) is 0 Å². The van der Waals surface area contributed by atoms with Crippen LogP contribution in [0.1, 0.15) is 32.3 Å². The molecule has 0 N–H and O–H groups in total. The van der Waals surface area contributed by atoms with E-state index in [0.717, 1.165) is 6.42 Å². The maximum absolute atomic E-state index is 11.5. The molecule has 0 spiro atoms. The molecular weight excluding hydrogens is 244 g/mol. The molecule has 0 aliphatic heterocycles. The lowest BCUT2D eigenvalue weighted by Gasteiger charge is -2.06. The molecule has 4 nitrogen and oxygen atoms in total. The van der Waals surface area contributed by atoms with Crippen LogP contribution in [0.3, 0.4) is 0 Å². The van der Waals surface area contributed by atoms with Gasteiger partial charge in [-0.25, -0.2) is 4.79 Å². The number of carbonyl (C=O) groups is 2. The van der Waals surface area contributed by atoms with Crippen LogP contribution < -0.4 is 4.74 Å². The van der Waals surface area contributed by atoms with E-state index in [0.29, 0.717) is 24.3 Å². The van der Waals surface area contributed by atoms with E-state index in [1.807, 2.05) is 13.0 Å². The van der Waals surface area contributed by atoms with Crippen LogP contribution in [0.5, 0.6) is 5.75 Å². The van der Waals surface area contributed by atoms with Crippen LogP contribution in [-0.2, 0) is 14.3 Å². The van der Waals surface area contributed by atoms with E-state index in [-0.39, 0.29) is 5.97 Å². The Kier molecular flexibility index (Phi) is 6.36. The first kappa shape index (κ1) is 15.0. The van der Waals surface area contributed by atoms with Crippen LogP contribution in [-0.4, -0.2) is 18.5 Å². The van der Waals surface area contributed by atoms with Gasteiger partial charge >= 0.3 is 11.9 Å². The topological polar surface area (TPSA) is 52.6 Å². The van der Waals surface area contributed by atoms with E-state index in [1.165, 1.54) is 6.08 Å². The van der Waals surface area contributed by atoms with E-state index in [2.05, 4.69) is 0 Å². The van der Waals surface area contributed by atoms with Crippen LogP contribution in [0.2, 0.25) is 0 Å². The Bertz CT molecular complexity index is 463. The number of hydrogen-bond acceptors (Lipinski definition) is 4. The van der Waals surface area contributed by atoms with Crippen LogP contribution in [0.15, 0.2) is 30.3 Å². The van der Waals surface area contributed by atoms with Crippen LogP contribution in [0.4, 0.5) is 0 Å². The molecule has 19 heavy (non-hydrogen) atoms. The highest BCUT2D eigenvalue weighted by molar-refractivity contribution is 5.87. The smallest absolute Gasteiger partial charge is 0.330 e. The molecule has 102 valence electrons. The Hall–Kier alpha value is -2.10. The van der Waals surface area contributed by atoms with Gasteiger partial charge in [-0.05, 0) is 25.5 Å². The zero-order chi connectivity index (χ0) is 14.1. The molecular formula is C15H18O4. The number of esters is 2. The summed E-state index contributed by atoms with van der Waals surface area (Å²) in [6.45, 7) is 3.98. The van der Waals surface area contributed by atoms with Crippen molar-refractivity contribution in [2.75, 3.05) is 6.61 Å². The lowest BCUT2D eigenvalue weighted by atomic mass is 10.2. The first-order valence-corrected chi connectivity index (χ1v) is 6.32. The summed E-state index contributed by atoms with van der Waals surface area (Å²) in [5.41, 5.74) is 0.667. The zero-order valence-electron chi connectivity index (χ0n) is 11.2. The second-order valence-electron chi connectivity index (χ2n) is 3.85. The van der Waals surface area contributed by atoms with Gasteiger partial charge in [0.05, 0.1) is 6.61 Å². The minimum absolute atomic E-state index is 0.278. The predicted molar refractivity (Wildman–Crippen MR) is 72.7 cm³/mol. The van der Waals surface area contributed by atoms with Gasteiger partial charge in [0, 0.05) is 18.1 Å². The van der Waals surface area contributed by atoms with Crippen molar-refractivity contribution >= 4 is 18.0 Å². The molecule has 0 heterocycles. The summed E-state index contributed by atoms with van der Waals surface area (Å²) in [5.74, 6) is -0.252. The molecule has 0 aliphatic carbocycles. The van der Waals surface area contributed by atoms with E-state index in [9.17, 15) is 9.59 Å². The minimum atomic E-state index is -0.419. The molecule has 0 radical (unpaired) electrons. The quantitative estimate of drug-likeness (QED) is 0.449.